The van der Waals surface area contributed by atoms with E-state index in [1.807, 2.05) is 60.9 Å². The van der Waals surface area contributed by atoms with Gasteiger partial charge in [-0.25, -0.2) is 9.97 Å². The summed E-state index contributed by atoms with van der Waals surface area (Å²) in [7, 11) is 0. The smallest absolute Gasteiger partial charge is 0.159 e. The van der Waals surface area contributed by atoms with Crippen LogP contribution in [0.25, 0.3) is 33.4 Å². The van der Waals surface area contributed by atoms with Crippen LogP contribution in [0.15, 0.2) is 71.7 Å². The Bertz CT molecular complexity index is 883. The zero-order valence-corrected chi connectivity index (χ0v) is 11.1. The summed E-state index contributed by atoms with van der Waals surface area (Å²) in [6, 6.07) is 15.9. The molecular formula is C17H11N3O. The highest BCUT2D eigenvalue weighted by Crippen LogP contribution is 2.24. The maximum absolute atomic E-state index is 4.95. The molecule has 0 aliphatic heterocycles. The quantitative estimate of drug-likeness (QED) is 0.555. The number of rotatable bonds is 2. The van der Waals surface area contributed by atoms with Crippen molar-refractivity contribution in [2.45, 2.75) is 0 Å². The summed E-state index contributed by atoms with van der Waals surface area (Å²) in [5, 5.41) is 4.87. The molecule has 100 valence electrons. The Morgan fingerprint density at radius 2 is 1.57 bits per heavy atom. The number of nitrogens with zero attached hydrogens (tertiary/aromatic N) is 3. The maximum atomic E-state index is 4.95. The highest BCUT2D eigenvalue weighted by molar-refractivity contribution is 5.83. The van der Waals surface area contributed by atoms with Crippen molar-refractivity contribution < 1.29 is 4.52 Å². The minimum atomic E-state index is 0.727. The summed E-state index contributed by atoms with van der Waals surface area (Å²) in [6.07, 6.45) is 5.31. The lowest BCUT2D eigenvalue weighted by atomic mass is 10.1. The van der Waals surface area contributed by atoms with Crippen LogP contribution in [-0.4, -0.2) is 15.1 Å². The Labute approximate surface area is 121 Å². The van der Waals surface area contributed by atoms with Crippen molar-refractivity contribution >= 4 is 10.9 Å². The van der Waals surface area contributed by atoms with Crippen molar-refractivity contribution in [1.29, 1.82) is 0 Å². The third kappa shape index (κ3) is 2.17. The molecule has 0 radical (unpaired) electrons. The molecule has 4 aromatic rings. The molecule has 0 unspecified atom stereocenters. The Morgan fingerprint density at radius 3 is 2.38 bits per heavy atom. The molecular weight excluding hydrogens is 262 g/mol. The largest absolute Gasteiger partial charge is 0.364 e. The van der Waals surface area contributed by atoms with Gasteiger partial charge < -0.3 is 4.52 Å². The van der Waals surface area contributed by atoms with Gasteiger partial charge in [-0.3, -0.25) is 0 Å². The third-order valence-corrected chi connectivity index (χ3v) is 3.38. The van der Waals surface area contributed by atoms with Crippen LogP contribution in [0.4, 0.5) is 0 Å². The van der Waals surface area contributed by atoms with E-state index >= 15 is 0 Å². The maximum Gasteiger partial charge on any atom is 0.159 e. The molecule has 2 aromatic heterocycles. The first kappa shape index (κ1) is 11.8. The van der Waals surface area contributed by atoms with Crippen LogP contribution >= 0.6 is 0 Å². The van der Waals surface area contributed by atoms with Gasteiger partial charge in [0.15, 0.2) is 5.82 Å². The fourth-order valence-corrected chi connectivity index (χ4v) is 2.26. The van der Waals surface area contributed by atoms with Crippen molar-refractivity contribution in [1.82, 2.24) is 15.1 Å². The SMILES string of the molecule is c1ccc(-c2ncc(-c3ccc4nocc4c3)cn2)cc1. The van der Waals surface area contributed by atoms with E-state index < -0.39 is 0 Å². The lowest BCUT2D eigenvalue weighted by molar-refractivity contribution is 0.428. The van der Waals surface area contributed by atoms with E-state index in [1.165, 1.54) is 0 Å². The Kier molecular flexibility index (Phi) is 2.71. The van der Waals surface area contributed by atoms with Gasteiger partial charge in [-0.1, -0.05) is 41.6 Å². The molecule has 0 spiro atoms. The summed E-state index contributed by atoms with van der Waals surface area (Å²) >= 11 is 0. The lowest BCUT2D eigenvalue weighted by Gasteiger charge is -2.03. The predicted octanol–water partition coefficient (Wildman–Crippen LogP) is 3.95. The second-order valence-electron chi connectivity index (χ2n) is 4.75. The highest BCUT2D eigenvalue weighted by atomic mass is 16.5. The first-order chi connectivity index (χ1) is 10.4. The molecule has 0 saturated heterocycles. The molecule has 4 heteroatoms. The molecule has 2 aromatic carbocycles. The molecule has 0 fully saturated rings. The van der Waals surface area contributed by atoms with E-state index in [-0.39, 0.29) is 0 Å². The minimum Gasteiger partial charge on any atom is -0.364 e. The number of aromatic nitrogens is 3. The van der Waals surface area contributed by atoms with Gasteiger partial charge in [0.25, 0.3) is 0 Å². The molecule has 0 bridgehead atoms. The molecule has 0 saturated carbocycles. The number of hydrogen-bond donors (Lipinski definition) is 0. The molecule has 21 heavy (non-hydrogen) atoms. The van der Waals surface area contributed by atoms with Gasteiger partial charge in [0.2, 0.25) is 0 Å². The van der Waals surface area contributed by atoms with E-state index in [4.69, 9.17) is 4.52 Å². The summed E-state index contributed by atoms with van der Waals surface area (Å²) in [5.41, 5.74) is 3.88. The van der Waals surface area contributed by atoms with Crippen LogP contribution in [-0.2, 0) is 0 Å². The van der Waals surface area contributed by atoms with Crippen molar-refractivity contribution in [2.75, 3.05) is 0 Å². The van der Waals surface area contributed by atoms with E-state index in [0.29, 0.717) is 0 Å². The first-order valence-electron chi connectivity index (χ1n) is 6.62. The summed E-state index contributed by atoms with van der Waals surface area (Å²) in [4.78, 5) is 8.89. The van der Waals surface area contributed by atoms with E-state index in [2.05, 4.69) is 15.1 Å². The molecule has 0 atom stereocenters. The normalized spacial score (nSPS) is 10.9. The average Bonchev–Trinajstić information content (AvgIpc) is 3.03. The average molecular weight is 273 g/mol. The van der Waals surface area contributed by atoms with Crippen molar-refractivity contribution in [2.24, 2.45) is 0 Å². The van der Waals surface area contributed by atoms with E-state index in [9.17, 15) is 0 Å². The predicted molar refractivity (Wildman–Crippen MR) is 80.5 cm³/mol. The molecule has 0 amide bonds. The van der Waals surface area contributed by atoms with Gasteiger partial charge in [0.1, 0.15) is 11.8 Å². The topological polar surface area (TPSA) is 51.8 Å². The van der Waals surface area contributed by atoms with Crippen LogP contribution < -0.4 is 0 Å². The minimum absolute atomic E-state index is 0.727. The third-order valence-electron chi connectivity index (χ3n) is 3.38. The Balaban J connectivity index is 1.72. The number of hydrogen-bond acceptors (Lipinski definition) is 4. The highest BCUT2D eigenvalue weighted by Gasteiger charge is 2.05. The molecule has 0 aliphatic rings. The molecule has 4 nitrogen and oxygen atoms in total. The second kappa shape index (κ2) is 4.83. The zero-order chi connectivity index (χ0) is 14.1. The number of benzene rings is 2. The number of fused-ring (bicyclic) bond motifs is 1. The molecule has 4 rings (SSSR count). The van der Waals surface area contributed by atoms with Crippen molar-refractivity contribution in [3.05, 3.63) is 67.2 Å². The van der Waals surface area contributed by atoms with Gasteiger partial charge in [-0.2, -0.15) is 0 Å². The van der Waals surface area contributed by atoms with Crippen molar-refractivity contribution in [3.63, 3.8) is 0 Å². The van der Waals surface area contributed by atoms with Crippen LogP contribution in [0.3, 0.4) is 0 Å². The Hall–Kier alpha value is -3.01. The zero-order valence-electron chi connectivity index (χ0n) is 11.1. The lowest BCUT2D eigenvalue weighted by Crippen LogP contribution is -1.89. The molecule has 0 N–H and O–H groups in total. The van der Waals surface area contributed by atoms with Gasteiger partial charge in [-0.05, 0) is 17.7 Å². The fourth-order valence-electron chi connectivity index (χ4n) is 2.26. The standard InChI is InChI=1S/C17H11N3O/c1-2-4-12(5-3-1)17-18-9-15(10-19-17)13-6-7-16-14(8-13)11-21-20-16/h1-11H. The summed E-state index contributed by atoms with van der Waals surface area (Å²) in [6.45, 7) is 0. The first-order valence-corrected chi connectivity index (χ1v) is 6.62. The van der Waals surface area contributed by atoms with Crippen LogP contribution in [0.2, 0.25) is 0 Å². The summed E-state index contributed by atoms with van der Waals surface area (Å²) < 4.78 is 4.95. The molecule has 2 heterocycles. The van der Waals surface area contributed by atoms with Crippen LogP contribution in [0.1, 0.15) is 0 Å². The van der Waals surface area contributed by atoms with Crippen molar-refractivity contribution in [3.8, 4) is 22.5 Å². The monoisotopic (exact) mass is 273 g/mol. The fraction of sp³-hybridized carbons (Fsp3) is 0. The summed E-state index contributed by atoms with van der Waals surface area (Å²) in [5.74, 6) is 0.727. The Morgan fingerprint density at radius 1 is 0.762 bits per heavy atom. The molecule has 0 aliphatic carbocycles. The second-order valence-corrected chi connectivity index (χ2v) is 4.75. The van der Waals surface area contributed by atoms with E-state index in [0.717, 1.165) is 33.4 Å². The van der Waals surface area contributed by atoms with Gasteiger partial charge in [-0.15, -0.1) is 0 Å². The van der Waals surface area contributed by atoms with E-state index in [1.54, 1.807) is 6.26 Å². The van der Waals surface area contributed by atoms with Crippen LogP contribution in [0, 0.1) is 0 Å². The van der Waals surface area contributed by atoms with Gasteiger partial charge >= 0.3 is 0 Å². The van der Waals surface area contributed by atoms with Gasteiger partial charge in [0.05, 0.1) is 0 Å². The van der Waals surface area contributed by atoms with Crippen LogP contribution in [0.5, 0.6) is 0 Å². The van der Waals surface area contributed by atoms with Gasteiger partial charge in [0, 0.05) is 28.9 Å².